The summed E-state index contributed by atoms with van der Waals surface area (Å²) in [6.45, 7) is 1.98. The Morgan fingerprint density at radius 2 is 2.25 bits per heavy atom. The fourth-order valence-corrected chi connectivity index (χ4v) is 2.18. The molecule has 0 aliphatic rings. The van der Waals surface area contributed by atoms with E-state index in [4.69, 9.17) is 4.52 Å². The number of H-pyrrole nitrogens is 1. The molecule has 0 fully saturated rings. The molecule has 1 N–H and O–H groups in total. The zero-order valence-electron chi connectivity index (χ0n) is 10.8. The van der Waals surface area contributed by atoms with Crippen LogP contribution in [-0.4, -0.2) is 30.3 Å². The van der Waals surface area contributed by atoms with Gasteiger partial charge in [-0.2, -0.15) is 9.97 Å². The molecule has 0 atom stereocenters. The Morgan fingerprint density at radius 3 is 3.00 bits per heavy atom. The standard InChI is InChI=1S/C12H12N6OS/c1-2-9-14-10(19-18-9)7-20-12-15-11(16-17-12)8-5-3-4-6-13-8/h3-6H,2,7H2,1H3,(H,15,16,17). The van der Waals surface area contributed by atoms with E-state index in [-0.39, 0.29) is 0 Å². The molecule has 0 radical (unpaired) electrons. The van der Waals surface area contributed by atoms with Gasteiger partial charge in [0, 0.05) is 12.6 Å². The summed E-state index contributed by atoms with van der Waals surface area (Å²) < 4.78 is 5.11. The van der Waals surface area contributed by atoms with Crippen molar-refractivity contribution in [2.24, 2.45) is 0 Å². The third-order valence-corrected chi connectivity index (χ3v) is 3.36. The Bertz CT molecular complexity index is 680. The van der Waals surface area contributed by atoms with Gasteiger partial charge in [0.2, 0.25) is 11.0 Å². The molecular formula is C12H12N6OS. The minimum absolute atomic E-state index is 0.548. The van der Waals surface area contributed by atoms with Gasteiger partial charge in [-0.3, -0.25) is 10.1 Å². The smallest absolute Gasteiger partial charge is 0.237 e. The van der Waals surface area contributed by atoms with Gasteiger partial charge >= 0.3 is 0 Å². The van der Waals surface area contributed by atoms with E-state index < -0.39 is 0 Å². The Labute approximate surface area is 119 Å². The highest BCUT2D eigenvalue weighted by Gasteiger charge is 2.10. The minimum atomic E-state index is 0.548. The van der Waals surface area contributed by atoms with Gasteiger partial charge in [0.25, 0.3) is 0 Å². The van der Waals surface area contributed by atoms with Crippen molar-refractivity contribution in [2.45, 2.75) is 24.3 Å². The molecule has 3 heterocycles. The van der Waals surface area contributed by atoms with Crippen molar-refractivity contribution >= 4 is 11.8 Å². The van der Waals surface area contributed by atoms with Crippen molar-refractivity contribution < 1.29 is 4.52 Å². The number of hydrogen-bond donors (Lipinski definition) is 1. The van der Waals surface area contributed by atoms with Gasteiger partial charge in [-0.15, -0.1) is 5.10 Å². The summed E-state index contributed by atoms with van der Waals surface area (Å²) in [6, 6.07) is 5.64. The van der Waals surface area contributed by atoms with E-state index in [1.807, 2.05) is 25.1 Å². The van der Waals surface area contributed by atoms with Crippen LogP contribution >= 0.6 is 11.8 Å². The van der Waals surface area contributed by atoms with Crippen molar-refractivity contribution in [3.8, 4) is 11.5 Å². The second-order valence-electron chi connectivity index (χ2n) is 3.93. The quantitative estimate of drug-likeness (QED) is 0.718. The largest absolute Gasteiger partial charge is 0.338 e. The number of aromatic nitrogens is 6. The monoisotopic (exact) mass is 288 g/mol. The van der Waals surface area contributed by atoms with Crippen LogP contribution in [0.4, 0.5) is 0 Å². The van der Waals surface area contributed by atoms with E-state index in [0.717, 1.165) is 12.1 Å². The lowest BCUT2D eigenvalue weighted by Gasteiger charge is -1.92. The summed E-state index contributed by atoms with van der Waals surface area (Å²) in [5.74, 6) is 2.49. The van der Waals surface area contributed by atoms with Crippen LogP contribution in [0.3, 0.4) is 0 Å². The van der Waals surface area contributed by atoms with Crippen molar-refractivity contribution in [2.75, 3.05) is 0 Å². The summed E-state index contributed by atoms with van der Waals surface area (Å²) in [4.78, 5) is 12.8. The average molecular weight is 288 g/mol. The van der Waals surface area contributed by atoms with Crippen molar-refractivity contribution in [1.82, 2.24) is 30.3 Å². The number of aromatic amines is 1. The molecule has 3 aromatic rings. The number of hydrogen-bond acceptors (Lipinski definition) is 7. The van der Waals surface area contributed by atoms with Crippen LogP contribution in [0.15, 0.2) is 34.1 Å². The molecule has 0 bridgehead atoms. The maximum Gasteiger partial charge on any atom is 0.237 e. The summed E-state index contributed by atoms with van der Waals surface area (Å²) in [5, 5.41) is 11.5. The van der Waals surface area contributed by atoms with Gasteiger partial charge < -0.3 is 4.52 Å². The predicted molar refractivity (Wildman–Crippen MR) is 72.9 cm³/mol. The molecule has 7 nitrogen and oxygen atoms in total. The van der Waals surface area contributed by atoms with Crippen molar-refractivity contribution in [3.05, 3.63) is 36.1 Å². The maximum atomic E-state index is 5.11. The van der Waals surface area contributed by atoms with Crippen molar-refractivity contribution in [3.63, 3.8) is 0 Å². The maximum absolute atomic E-state index is 5.11. The molecule has 3 aromatic heterocycles. The summed E-state index contributed by atoms with van der Waals surface area (Å²) in [5.41, 5.74) is 0.762. The number of nitrogens with zero attached hydrogens (tertiary/aromatic N) is 5. The number of rotatable bonds is 5. The fourth-order valence-electron chi connectivity index (χ4n) is 1.55. The second kappa shape index (κ2) is 5.83. The molecule has 0 saturated heterocycles. The van der Waals surface area contributed by atoms with E-state index in [0.29, 0.717) is 28.4 Å². The summed E-state index contributed by atoms with van der Waals surface area (Å²) in [6.07, 6.45) is 2.48. The van der Waals surface area contributed by atoms with E-state index in [1.165, 1.54) is 11.8 Å². The van der Waals surface area contributed by atoms with E-state index in [1.54, 1.807) is 6.20 Å². The van der Waals surface area contributed by atoms with Crippen LogP contribution < -0.4 is 0 Å². The first-order chi connectivity index (χ1) is 9.85. The Kier molecular flexibility index (Phi) is 3.73. The lowest BCUT2D eigenvalue weighted by Crippen LogP contribution is -1.85. The van der Waals surface area contributed by atoms with Gasteiger partial charge in [-0.05, 0) is 12.1 Å². The third-order valence-electron chi connectivity index (χ3n) is 2.52. The summed E-state index contributed by atoms with van der Waals surface area (Å²) >= 11 is 1.44. The van der Waals surface area contributed by atoms with E-state index in [2.05, 4.69) is 30.3 Å². The lowest BCUT2D eigenvalue weighted by molar-refractivity contribution is 0.385. The highest BCUT2D eigenvalue weighted by atomic mass is 32.2. The first-order valence-electron chi connectivity index (χ1n) is 6.13. The molecule has 0 aliphatic carbocycles. The molecule has 8 heteroatoms. The van der Waals surface area contributed by atoms with Gasteiger partial charge in [0.15, 0.2) is 11.6 Å². The first kappa shape index (κ1) is 12.8. The Morgan fingerprint density at radius 1 is 1.30 bits per heavy atom. The number of nitrogens with one attached hydrogen (secondary N) is 1. The van der Waals surface area contributed by atoms with Crippen LogP contribution in [0.2, 0.25) is 0 Å². The van der Waals surface area contributed by atoms with Crippen LogP contribution in [0.1, 0.15) is 18.6 Å². The van der Waals surface area contributed by atoms with Gasteiger partial charge in [-0.25, -0.2) is 0 Å². The molecule has 0 amide bonds. The van der Waals surface area contributed by atoms with Crippen LogP contribution in [0, 0.1) is 0 Å². The van der Waals surface area contributed by atoms with Gasteiger partial charge in [0.1, 0.15) is 5.69 Å². The van der Waals surface area contributed by atoms with E-state index >= 15 is 0 Å². The molecule has 0 saturated carbocycles. The first-order valence-corrected chi connectivity index (χ1v) is 7.12. The molecule has 0 aliphatic heterocycles. The molecule has 3 rings (SSSR count). The SMILES string of the molecule is CCc1noc(CSc2n[nH]c(-c3ccccn3)n2)n1. The van der Waals surface area contributed by atoms with Crippen LogP contribution in [0.25, 0.3) is 11.5 Å². The fraction of sp³-hybridized carbons (Fsp3) is 0.250. The average Bonchev–Trinajstić information content (AvgIpc) is 3.15. The van der Waals surface area contributed by atoms with Gasteiger partial charge in [-0.1, -0.05) is 29.9 Å². The van der Waals surface area contributed by atoms with Crippen LogP contribution in [-0.2, 0) is 12.2 Å². The number of thioether (sulfide) groups is 1. The molecular weight excluding hydrogens is 276 g/mol. The highest BCUT2D eigenvalue weighted by Crippen LogP contribution is 2.20. The number of pyridine rings is 1. The molecule has 0 unspecified atom stereocenters. The Hall–Kier alpha value is -2.22. The normalized spacial score (nSPS) is 10.8. The molecule has 0 aromatic carbocycles. The third kappa shape index (κ3) is 2.85. The minimum Gasteiger partial charge on any atom is -0.338 e. The van der Waals surface area contributed by atoms with Crippen molar-refractivity contribution in [1.29, 1.82) is 0 Å². The lowest BCUT2D eigenvalue weighted by atomic mass is 10.3. The second-order valence-corrected chi connectivity index (χ2v) is 4.87. The Balaban J connectivity index is 1.65. The van der Waals surface area contributed by atoms with E-state index in [9.17, 15) is 0 Å². The van der Waals surface area contributed by atoms with Gasteiger partial charge in [0.05, 0.1) is 5.75 Å². The van der Waals surface area contributed by atoms with Crippen LogP contribution in [0.5, 0.6) is 0 Å². The topological polar surface area (TPSA) is 93.4 Å². The number of aryl methyl sites for hydroxylation is 1. The highest BCUT2D eigenvalue weighted by molar-refractivity contribution is 7.98. The zero-order chi connectivity index (χ0) is 13.8. The predicted octanol–water partition coefficient (Wildman–Crippen LogP) is 2.10. The summed E-state index contributed by atoms with van der Waals surface area (Å²) in [7, 11) is 0. The molecule has 20 heavy (non-hydrogen) atoms. The zero-order valence-corrected chi connectivity index (χ0v) is 11.6. The molecule has 102 valence electrons. The molecule has 0 spiro atoms.